The van der Waals surface area contributed by atoms with Crippen molar-refractivity contribution in [2.75, 3.05) is 19.6 Å². The molecule has 5 nitrogen and oxygen atoms in total. The highest BCUT2D eigenvalue weighted by molar-refractivity contribution is 7.07. The average Bonchev–Trinajstić information content (AvgIpc) is 3.27. The van der Waals surface area contributed by atoms with Gasteiger partial charge in [-0.2, -0.15) is 16.4 Å². The molecular weight excluding hydrogens is 308 g/mol. The molecular formula is C17H22N4OS. The highest BCUT2D eigenvalue weighted by Gasteiger charge is 2.27. The number of carbonyl (C=O) groups excluding carboxylic acids is 1. The predicted molar refractivity (Wildman–Crippen MR) is 90.1 cm³/mol. The third kappa shape index (κ3) is 3.19. The third-order valence-electron chi connectivity index (χ3n) is 4.84. The van der Waals surface area contributed by atoms with E-state index < -0.39 is 0 Å². The summed E-state index contributed by atoms with van der Waals surface area (Å²) < 4.78 is 2.17. The predicted octanol–water partition coefficient (Wildman–Crippen LogP) is 2.51. The van der Waals surface area contributed by atoms with Gasteiger partial charge in [0, 0.05) is 45.3 Å². The maximum atomic E-state index is 11.8. The van der Waals surface area contributed by atoms with Crippen molar-refractivity contribution >= 4 is 17.2 Å². The molecule has 0 aliphatic carbocycles. The lowest BCUT2D eigenvalue weighted by Gasteiger charge is -2.34. The zero-order valence-corrected chi connectivity index (χ0v) is 14.0. The molecule has 0 radical (unpaired) electrons. The van der Waals surface area contributed by atoms with Crippen LogP contribution in [0.5, 0.6) is 0 Å². The SMILES string of the molecule is O=C1CCCN1CC[C@@H]1CN(Cc2ccsc2)Cc2ccnn21. The van der Waals surface area contributed by atoms with Crippen molar-refractivity contribution in [3.63, 3.8) is 0 Å². The molecule has 0 unspecified atom stereocenters. The highest BCUT2D eigenvalue weighted by atomic mass is 32.1. The molecule has 2 aliphatic rings. The van der Waals surface area contributed by atoms with Gasteiger partial charge in [-0.05, 0) is 41.3 Å². The first-order valence-electron chi connectivity index (χ1n) is 8.33. The number of aromatic nitrogens is 2. The molecule has 1 atom stereocenters. The molecule has 0 aromatic carbocycles. The van der Waals surface area contributed by atoms with Crippen molar-refractivity contribution in [2.45, 2.75) is 38.4 Å². The summed E-state index contributed by atoms with van der Waals surface area (Å²) in [6.45, 7) is 4.74. The van der Waals surface area contributed by atoms with Crippen LogP contribution < -0.4 is 0 Å². The quantitative estimate of drug-likeness (QED) is 0.846. The van der Waals surface area contributed by atoms with E-state index in [1.165, 1.54) is 11.3 Å². The molecule has 6 heteroatoms. The summed E-state index contributed by atoms with van der Waals surface area (Å²) in [5.74, 6) is 0.316. The summed E-state index contributed by atoms with van der Waals surface area (Å²) in [5, 5.41) is 8.89. The van der Waals surface area contributed by atoms with E-state index in [2.05, 4.69) is 37.6 Å². The van der Waals surface area contributed by atoms with E-state index in [0.717, 1.165) is 52.0 Å². The first kappa shape index (κ1) is 14.9. The minimum absolute atomic E-state index is 0.316. The fraction of sp³-hybridized carbons (Fsp3) is 0.529. The molecule has 122 valence electrons. The lowest BCUT2D eigenvalue weighted by atomic mass is 10.1. The van der Waals surface area contributed by atoms with Crippen LogP contribution in [0.2, 0.25) is 0 Å². The molecule has 2 aromatic rings. The van der Waals surface area contributed by atoms with Crippen LogP contribution in [-0.2, 0) is 17.9 Å². The van der Waals surface area contributed by atoms with Gasteiger partial charge in [0.15, 0.2) is 0 Å². The Hall–Kier alpha value is -1.66. The van der Waals surface area contributed by atoms with Crippen LogP contribution in [0.25, 0.3) is 0 Å². The van der Waals surface area contributed by atoms with E-state index in [9.17, 15) is 4.79 Å². The molecule has 0 saturated carbocycles. The zero-order valence-electron chi connectivity index (χ0n) is 13.2. The fourth-order valence-corrected chi connectivity index (χ4v) is 4.34. The summed E-state index contributed by atoms with van der Waals surface area (Å²) in [4.78, 5) is 16.3. The van der Waals surface area contributed by atoms with Crippen LogP contribution in [0.3, 0.4) is 0 Å². The maximum Gasteiger partial charge on any atom is 0.222 e. The van der Waals surface area contributed by atoms with Gasteiger partial charge in [0.25, 0.3) is 0 Å². The van der Waals surface area contributed by atoms with Gasteiger partial charge >= 0.3 is 0 Å². The molecule has 2 aromatic heterocycles. The Labute approximate surface area is 140 Å². The molecule has 4 heterocycles. The molecule has 23 heavy (non-hydrogen) atoms. The number of hydrogen-bond donors (Lipinski definition) is 0. The van der Waals surface area contributed by atoms with Gasteiger partial charge in [-0.3, -0.25) is 14.4 Å². The first-order valence-corrected chi connectivity index (χ1v) is 9.27. The Morgan fingerprint density at radius 1 is 1.35 bits per heavy atom. The standard InChI is InChI=1S/C17H22N4OS/c22-17-2-1-7-20(17)8-4-16-12-19(10-14-5-9-23-13-14)11-15-3-6-18-21(15)16/h3,5-6,9,13,16H,1-2,4,7-8,10-12H2/t16-/m1/s1. The largest absolute Gasteiger partial charge is 0.343 e. The fourth-order valence-electron chi connectivity index (χ4n) is 3.68. The van der Waals surface area contributed by atoms with Crippen LogP contribution in [0.1, 0.15) is 36.6 Å². The summed E-state index contributed by atoms with van der Waals surface area (Å²) in [6.07, 6.45) is 4.63. The number of carbonyl (C=O) groups is 1. The molecule has 4 rings (SSSR count). The van der Waals surface area contributed by atoms with E-state index >= 15 is 0 Å². The number of nitrogens with zero attached hydrogens (tertiary/aromatic N) is 4. The number of fused-ring (bicyclic) bond motifs is 1. The number of rotatable bonds is 5. The Morgan fingerprint density at radius 2 is 2.30 bits per heavy atom. The molecule has 1 fully saturated rings. The minimum Gasteiger partial charge on any atom is -0.343 e. The van der Waals surface area contributed by atoms with Crippen molar-refractivity contribution in [2.24, 2.45) is 0 Å². The summed E-state index contributed by atoms with van der Waals surface area (Å²) in [6, 6.07) is 4.68. The summed E-state index contributed by atoms with van der Waals surface area (Å²) in [5.41, 5.74) is 2.67. The molecule has 1 amide bonds. The van der Waals surface area contributed by atoms with Gasteiger partial charge in [-0.1, -0.05) is 0 Å². The second kappa shape index (κ2) is 6.45. The average molecular weight is 330 g/mol. The topological polar surface area (TPSA) is 41.4 Å². The van der Waals surface area contributed by atoms with Gasteiger partial charge in [0.1, 0.15) is 0 Å². The van der Waals surface area contributed by atoms with Crippen LogP contribution in [0.15, 0.2) is 29.1 Å². The van der Waals surface area contributed by atoms with Crippen LogP contribution in [-0.4, -0.2) is 45.1 Å². The lowest BCUT2D eigenvalue weighted by molar-refractivity contribution is -0.127. The Balaban J connectivity index is 1.43. The molecule has 0 N–H and O–H groups in total. The van der Waals surface area contributed by atoms with E-state index in [0.29, 0.717) is 11.9 Å². The summed E-state index contributed by atoms with van der Waals surface area (Å²) in [7, 11) is 0. The van der Waals surface area contributed by atoms with Gasteiger partial charge in [-0.15, -0.1) is 0 Å². The Bertz CT molecular complexity index is 666. The van der Waals surface area contributed by atoms with E-state index in [1.807, 2.05) is 11.1 Å². The van der Waals surface area contributed by atoms with Crippen LogP contribution in [0.4, 0.5) is 0 Å². The van der Waals surface area contributed by atoms with Crippen molar-refractivity contribution in [1.29, 1.82) is 0 Å². The van der Waals surface area contributed by atoms with Gasteiger partial charge in [0.05, 0.1) is 11.7 Å². The molecule has 2 aliphatic heterocycles. The van der Waals surface area contributed by atoms with Crippen molar-refractivity contribution in [3.8, 4) is 0 Å². The molecule has 0 spiro atoms. The monoisotopic (exact) mass is 330 g/mol. The molecule has 1 saturated heterocycles. The van der Waals surface area contributed by atoms with Crippen LogP contribution in [0, 0.1) is 0 Å². The first-order chi connectivity index (χ1) is 11.3. The normalized spacial score (nSPS) is 21.8. The van der Waals surface area contributed by atoms with Crippen molar-refractivity contribution in [3.05, 3.63) is 40.3 Å². The Kier molecular flexibility index (Phi) is 4.18. The van der Waals surface area contributed by atoms with E-state index in [4.69, 9.17) is 0 Å². The minimum atomic E-state index is 0.316. The molecule has 0 bridgehead atoms. The maximum absolute atomic E-state index is 11.8. The van der Waals surface area contributed by atoms with Crippen molar-refractivity contribution < 1.29 is 4.79 Å². The van der Waals surface area contributed by atoms with Crippen molar-refractivity contribution in [1.82, 2.24) is 19.6 Å². The highest BCUT2D eigenvalue weighted by Crippen LogP contribution is 2.25. The third-order valence-corrected chi connectivity index (χ3v) is 5.57. The number of likely N-dealkylation sites (tertiary alicyclic amines) is 1. The van der Waals surface area contributed by atoms with E-state index in [-0.39, 0.29) is 0 Å². The number of amides is 1. The number of thiophene rings is 1. The van der Waals surface area contributed by atoms with Gasteiger partial charge < -0.3 is 4.90 Å². The lowest BCUT2D eigenvalue weighted by Crippen LogP contribution is -2.39. The summed E-state index contributed by atoms with van der Waals surface area (Å²) >= 11 is 1.76. The smallest absolute Gasteiger partial charge is 0.222 e. The second-order valence-electron chi connectivity index (χ2n) is 6.50. The zero-order chi connectivity index (χ0) is 15.6. The second-order valence-corrected chi connectivity index (χ2v) is 7.28. The Morgan fingerprint density at radius 3 is 3.09 bits per heavy atom. The van der Waals surface area contributed by atoms with Gasteiger partial charge in [0.2, 0.25) is 5.91 Å². The van der Waals surface area contributed by atoms with E-state index in [1.54, 1.807) is 11.3 Å². The van der Waals surface area contributed by atoms with Crippen LogP contribution >= 0.6 is 11.3 Å². The number of hydrogen-bond acceptors (Lipinski definition) is 4. The van der Waals surface area contributed by atoms with Gasteiger partial charge in [-0.25, -0.2) is 0 Å².